The van der Waals surface area contributed by atoms with Gasteiger partial charge < -0.3 is 10.6 Å². The van der Waals surface area contributed by atoms with Crippen molar-refractivity contribution < 1.29 is 0 Å². The summed E-state index contributed by atoms with van der Waals surface area (Å²) in [6, 6.07) is 10.8. The molecule has 1 aromatic carbocycles. The quantitative estimate of drug-likeness (QED) is 0.782. The Labute approximate surface area is 130 Å². The van der Waals surface area contributed by atoms with Crippen molar-refractivity contribution in [2.45, 2.75) is 38.6 Å². The van der Waals surface area contributed by atoms with E-state index in [1.54, 1.807) is 0 Å². The lowest BCUT2D eigenvalue weighted by atomic mass is 10.0. The van der Waals surface area contributed by atoms with Crippen LogP contribution in [0.4, 0.5) is 0 Å². The highest BCUT2D eigenvalue weighted by Crippen LogP contribution is 2.16. The fourth-order valence-corrected chi connectivity index (χ4v) is 3.02. The third-order valence-corrected chi connectivity index (χ3v) is 4.76. The molecule has 0 aliphatic carbocycles. The topological polar surface area (TPSA) is 32.5 Å². The van der Waals surface area contributed by atoms with Gasteiger partial charge in [-0.3, -0.25) is 4.90 Å². The Hall–Kier alpha value is -0.900. The molecular weight excluding hydrogens is 258 g/mol. The molecule has 0 amide bonds. The minimum atomic E-state index is 0.152. The number of aryl methyl sites for hydroxylation is 1. The lowest BCUT2D eigenvalue weighted by molar-refractivity contribution is 0.0563. The normalized spacial score (nSPS) is 18.0. The Kier molecular flexibility index (Phi) is 6.22. The van der Waals surface area contributed by atoms with Crippen molar-refractivity contribution in [3.63, 3.8) is 0 Å². The third kappa shape index (κ3) is 5.10. The van der Waals surface area contributed by atoms with Crippen LogP contribution >= 0.6 is 0 Å². The maximum Gasteiger partial charge on any atom is 0.0276 e. The van der Waals surface area contributed by atoms with Crippen molar-refractivity contribution in [2.24, 2.45) is 5.73 Å². The van der Waals surface area contributed by atoms with Crippen LogP contribution < -0.4 is 5.73 Å². The molecule has 0 saturated carbocycles. The van der Waals surface area contributed by atoms with Crippen molar-refractivity contribution in [3.05, 3.63) is 35.9 Å². The Balaban J connectivity index is 1.61. The largest absolute Gasteiger partial charge is 0.329 e. The zero-order chi connectivity index (χ0) is 15.1. The van der Waals surface area contributed by atoms with Crippen LogP contribution in [0.15, 0.2) is 30.3 Å². The molecule has 21 heavy (non-hydrogen) atoms. The minimum absolute atomic E-state index is 0.152. The molecule has 3 nitrogen and oxygen atoms in total. The highest BCUT2D eigenvalue weighted by Gasteiger charge is 2.28. The van der Waals surface area contributed by atoms with Gasteiger partial charge in [0.15, 0.2) is 0 Å². The molecule has 0 radical (unpaired) electrons. The van der Waals surface area contributed by atoms with E-state index in [4.69, 9.17) is 5.73 Å². The summed E-state index contributed by atoms with van der Waals surface area (Å²) in [5.74, 6) is 0. The second kappa shape index (κ2) is 7.92. The van der Waals surface area contributed by atoms with Crippen molar-refractivity contribution in [1.29, 1.82) is 0 Å². The van der Waals surface area contributed by atoms with E-state index in [9.17, 15) is 0 Å². The van der Waals surface area contributed by atoms with Crippen LogP contribution in [0, 0.1) is 0 Å². The maximum atomic E-state index is 5.87. The first-order chi connectivity index (χ1) is 10.1. The highest BCUT2D eigenvalue weighted by molar-refractivity contribution is 5.14. The fraction of sp³-hybridized carbons (Fsp3) is 0.667. The van der Waals surface area contributed by atoms with Crippen molar-refractivity contribution in [3.8, 4) is 0 Å². The van der Waals surface area contributed by atoms with Crippen molar-refractivity contribution in [1.82, 2.24) is 9.80 Å². The number of nitrogens with zero attached hydrogens (tertiary/aromatic N) is 2. The number of unbranched alkanes of at least 4 members (excludes halogenated alkanes) is 1. The van der Waals surface area contributed by atoms with Gasteiger partial charge in [-0.15, -0.1) is 0 Å². The summed E-state index contributed by atoms with van der Waals surface area (Å²) in [6.07, 6.45) is 3.80. The van der Waals surface area contributed by atoms with Gasteiger partial charge in [0.1, 0.15) is 0 Å². The van der Waals surface area contributed by atoms with Gasteiger partial charge >= 0.3 is 0 Å². The highest BCUT2D eigenvalue weighted by atomic mass is 15.3. The summed E-state index contributed by atoms with van der Waals surface area (Å²) in [5, 5.41) is 0. The van der Waals surface area contributed by atoms with Crippen molar-refractivity contribution in [2.75, 3.05) is 39.3 Å². The van der Waals surface area contributed by atoms with E-state index in [0.717, 1.165) is 19.6 Å². The summed E-state index contributed by atoms with van der Waals surface area (Å²) in [5.41, 5.74) is 7.49. The zero-order valence-electron chi connectivity index (χ0n) is 13.7. The number of benzene rings is 1. The summed E-state index contributed by atoms with van der Waals surface area (Å²) in [4.78, 5) is 5.14. The first-order valence-corrected chi connectivity index (χ1v) is 8.33. The van der Waals surface area contributed by atoms with Gasteiger partial charge in [0.25, 0.3) is 0 Å². The number of nitrogens with two attached hydrogens (primary N) is 1. The molecule has 0 atom stereocenters. The molecule has 1 aliphatic heterocycles. The summed E-state index contributed by atoms with van der Waals surface area (Å²) >= 11 is 0. The summed E-state index contributed by atoms with van der Waals surface area (Å²) in [6.45, 7) is 11.2. The second-order valence-corrected chi connectivity index (χ2v) is 6.79. The molecule has 118 valence electrons. The molecule has 0 bridgehead atoms. The van der Waals surface area contributed by atoms with Crippen LogP contribution in [0.25, 0.3) is 0 Å². The van der Waals surface area contributed by atoms with Crippen LogP contribution in [-0.2, 0) is 6.42 Å². The SMILES string of the molecule is CC(C)(CN)N1CCN(CCCCc2ccccc2)CC1. The van der Waals surface area contributed by atoms with Gasteiger partial charge in [0.2, 0.25) is 0 Å². The maximum absolute atomic E-state index is 5.87. The van der Waals surface area contributed by atoms with E-state index in [1.165, 1.54) is 44.5 Å². The summed E-state index contributed by atoms with van der Waals surface area (Å²) < 4.78 is 0. The predicted octanol–water partition coefficient (Wildman–Crippen LogP) is 2.36. The van der Waals surface area contributed by atoms with Crippen LogP contribution in [0.3, 0.4) is 0 Å². The van der Waals surface area contributed by atoms with E-state index in [2.05, 4.69) is 54.0 Å². The van der Waals surface area contributed by atoms with E-state index < -0.39 is 0 Å². The van der Waals surface area contributed by atoms with Crippen LogP contribution in [0.2, 0.25) is 0 Å². The number of rotatable bonds is 7. The van der Waals surface area contributed by atoms with E-state index in [1.807, 2.05) is 0 Å². The average molecular weight is 289 g/mol. The van der Waals surface area contributed by atoms with Gasteiger partial charge in [-0.05, 0) is 45.2 Å². The first kappa shape index (κ1) is 16.5. The van der Waals surface area contributed by atoms with Crippen LogP contribution in [0.5, 0.6) is 0 Å². The van der Waals surface area contributed by atoms with E-state index in [-0.39, 0.29) is 5.54 Å². The Morgan fingerprint density at radius 3 is 2.29 bits per heavy atom. The zero-order valence-corrected chi connectivity index (χ0v) is 13.7. The molecule has 0 unspecified atom stereocenters. The van der Waals surface area contributed by atoms with Gasteiger partial charge in [0.05, 0.1) is 0 Å². The monoisotopic (exact) mass is 289 g/mol. The lowest BCUT2D eigenvalue weighted by Crippen LogP contribution is -2.57. The molecule has 1 heterocycles. The average Bonchev–Trinajstić information content (AvgIpc) is 2.53. The Morgan fingerprint density at radius 1 is 1.00 bits per heavy atom. The molecule has 1 fully saturated rings. The molecule has 1 aliphatic rings. The molecule has 2 N–H and O–H groups in total. The van der Waals surface area contributed by atoms with E-state index in [0.29, 0.717) is 0 Å². The molecular formula is C18H31N3. The third-order valence-electron chi connectivity index (χ3n) is 4.76. The number of piperazine rings is 1. The Bertz CT molecular complexity index is 394. The summed E-state index contributed by atoms with van der Waals surface area (Å²) in [7, 11) is 0. The molecule has 0 aromatic heterocycles. The van der Waals surface area contributed by atoms with Gasteiger partial charge in [-0.25, -0.2) is 0 Å². The molecule has 0 spiro atoms. The molecule has 3 heteroatoms. The van der Waals surface area contributed by atoms with Crippen LogP contribution in [-0.4, -0.2) is 54.6 Å². The van der Waals surface area contributed by atoms with Gasteiger partial charge in [-0.2, -0.15) is 0 Å². The van der Waals surface area contributed by atoms with Crippen molar-refractivity contribution >= 4 is 0 Å². The first-order valence-electron chi connectivity index (χ1n) is 8.33. The standard InChI is InChI=1S/C18H31N3/c1-18(2,16-19)21-14-12-20(13-15-21)11-7-6-10-17-8-4-3-5-9-17/h3-5,8-9H,6-7,10-16,19H2,1-2H3. The van der Waals surface area contributed by atoms with Crippen LogP contribution in [0.1, 0.15) is 32.3 Å². The molecule has 1 saturated heterocycles. The molecule has 1 aromatic rings. The smallest absolute Gasteiger partial charge is 0.0276 e. The van der Waals surface area contributed by atoms with E-state index >= 15 is 0 Å². The molecule has 2 rings (SSSR count). The second-order valence-electron chi connectivity index (χ2n) is 6.79. The Morgan fingerprint density at radius 2 is 1.67 bits per heavy atom. The lowest BCUT2D eigenvalue weighted by Gasteiger charge is -2.43. The van der Waals surface area contributed by atoms with Gasteiger partial charge in [-0.1, -0.05) is 30.3 Å². The minimum Gasteiger partial charge on any atom is -0.329 e. The predicted molar refractivity (Wildman–Crippen MR) is 90.5 cm³/mol. The number of hydrogen-bond donors (Lipinski definition) is 1. The fourth-order valence-electron chi connectivity index (χ4n) is 3.02. The number of hydrogen-bond acceptors (Lipinski definition) is 3. The van der Waals surface area contributed by atoms with Gasteiger partial charge in [0, 0.05) is 38.3 Å².